The van der Waals surface area contributed by atoms with Crippen molar-refractivity contribution in [2.75, 3.05) is 7.11 Å². The van der Waals surface area contributed by atoms with Crippen LogP contribution in [0.1, 0.15) is 31.9 Å². The highest BCUT2D eigenvalue weighted by atomic mass is 127. The number of carbonyl (C=O) groups is 3. The zero-order chi connectivity index (χ0) is 48.8. The number of halogens is 7. The van der Waals surface area contributed by atoms with Crippen molar-refractivity contribution >= 4 is 188 Å². The fraction of sp³-hybridized carbons (Fsp3) is 0.0851. The summed E-state index contributed by atoms with van der Waals surface area (Å²) in [5, 5.41) is 27.8. The van der Waals surface area contributed by atoms with Crippen molar-refractivity contribution in [3.8, 4) is 40.2 Å². The van der Waals surface area contributed by atoms with Crippen molar-refractivity contribution in [1.82, 2.24) is 0 Å². The predicted molar refractivity (Wildman–Crippen MR) is 314 cm³/mol. The van der Waals surface area contributed by atoms with E-state index in [1.807, 2.05) is 86.0 Å². The Morgan fingerprint density at radius 3 is 1.45 bits per heavy atom. The van der Waals surface area contributed by atoms with Gasteiger partial charge in [0.25, 0.3) is 0 Å². The highest BCUT2D eigenvalue weighted by Gasteiger charge is 2.13. The predicted octanol–water partition coefficient (Wildman–Crippen LogP) is 14.5. The molecule has 0 radical (unpaired) electrons. The number of hydrogen-bond donors (Lipinski definition) is 3. The molecule has 17 heteroatoms. The molecule has 0 aromatic heterocycles. The van der Waals surface area contributed by atoms with E-state index in [2.05, 4.69) is 148 Å². The molecule has 0 amide bonds. The number of aromatic hydroxyl groups is 3. The third-order valence-corrected chi connectivity index (χ3v) is 13.1. The Bertz CT molecular complexity index is 2480. The molecule has 0 fully saturated rings. The van der Waals surface area contributed by atoms with E-state index in [9.17, 15) is 24.6 Å². The quantitative estimate of drug-likeness (QED) is 0.0564. The van der Waals surface area contributed by atoms with Gasteiger partial charge >= 0.3 is 17.9 Å². The van der Waals surface area contributed by atoms with Gasteiger partial charge in [-0.25, -0.2) is 14.4 Å². The highest BCUT2D eigenvalue weighted by Crippen LogP contribution is 2.33. The second-order valence-electron chi connectivity index (χ2n) is 12.4. The third-order valence-electron chi connectivity index (χ3n) is 7.09. The molecule has 0 heterocycles. The van der Waals surface area contributed by atoms with Crippen LogP contribution in [0.4, 0.5) is 0 Å². The highest BCUT2D eigenvalue weighted by molar-refractivity contribution is 14.1. The molecule has 338 valence electrons. The molecule has 3 N–H and O–H groups in total. The number of rotatable bonds is 9. The van der Waals surface area contributed by atoms with Crippen LogP contribution >= 0.6 is 158 Å². The zero-order valence-electron chi connectivity index (χ0n) is 34.6. The summed E-state index contributed by atoms with van der Waals surface area (Å²) in [6.45, 7) is 22.5. The number of phenols is 3. The lowest BCUT2D eigenvalue weighted by molar-refractivity contribution is -0.131. The van der Waals surface area contributed by atoms with Gasteiger partial charge in [-0.05, 0) is 251 Å². The molecule has 0 saturated carbocycles. The molecule has 0 unspecified atom stereocenters. The largest absolute Gasteiger partial charge is 0.507 e. The lowest BCUT2D eigenvalue weighted by atomic mass is 10.2. The molecule has 0 aliphatic heterocycles. The van der Waals surface area contributed by atoms with E-state index < -0.39 is 17.9 Å². The Balaban J connectivity index is 0.000000406. The molecule has 5 aromatic carbocycles. The smallest absolute Gasteiger partial charge is 0.338 e. The van der Waals surface area contributed by atoms with Crippen molar-refractivity contribution < 1.29 is 48.7 Å². The van der Waals surface area contributed by atoms with Gasteiger partial charge in [0.1, 0.15) is 40.2 Å². The fourth-order valence-electron chi connectivity index (χ4n) is 3.78. The van der Waals surface area contributed by atoms with Gasteiger partial charge in [-0.15, -0.1) is 0 Å². The van der Waals surface area contributed by atoms with Gasteiger partial charge in [0.05, 0.1) is 28.5 Å². The van der Waals surface area contributed by atoms with Gasteiger partial charge in [0.2, 0.25) is 0 Å². The molecule has 5 aromatic rings. The standard InChI is InChI=1S/C11H10I2O3.C10H8I2O3.C10H9IO3.C8H7IO.C8H7I/c1-6(2)11(14)16-7-4-8(12)10(15-3)9(13)5-7;1-5(2)10(14)15-9-4-6(11)8(13)3-7(9)12;1-6(2)10(13)14-8-5-3-4-7(12)9(8)11;1-2-6-3-4-8(10)7(9)5-6;1-2-7-3-5-8(9)6-4-7/h4-5H,1H2,2-3H3;3-4,13H,1H2,2H3;3-5,12H,1H2,2H3;2-5,10H,1H2;2-6H,1H2. The Morgan fingerprint density at radius 1 is 0.516 bits per heavy atom. The van der Waals surface area contributed by atoms with E-state index in [4.69, 9.17) is 24.1 Å². The maximum absolute atomic E-state index is 11.3. The molecule has 5 rings (SSSR count). The van der Waals surface area contributed by atoms with Gasteiger partial charge in [-0.2, -0.15) is 0 Å². The number of methoxy groups -OCH3 is 1. The van der Waals surface area contributed by atoms with Crippen LogP contribution in [0.2, 0.25) is 0 Å². The number of carbonyl (C=O) groups excluding carboxylic acids is 3. The molecule has 0 aliphatic rings. The van der Waals surface area contributed by atoms with Gasteiger partial charge in [-0.1, -0.05) is 69.3 Å². The number of phenolic OH excluding ortho intramolecular Hbond substituents is 3. The lowest BCUT2D eigenvalue weighted by Crippen LogP contribution is -2.09. The number of hydrogen-bond acceptors (Lipinski definition) is 10. The first-order valence-corrected chi connectivity index (χ1v) is 25.3. The minimum Gasteiger partial charge on any atom is -0.507 e. The SMILES string of the molecule is C=C(C)C(=O)Oc1cc(I)c(O)cc1I.C=C(C)C(=O)Oc1cc(I)c(OC)c(I)c1.C=C(C)C(=O)Oc1cccc(O)c1I.C=Cc1ccc(I)cc1.C=Cc1ccc(O)c(I)c1. The monoisotopic (exact) mass is 1650 g/mol. The normalized spacial score (nSPS) is 9.55. The molecule has 64 heavy (non-hydrogen) atoms. The minimum absolute atomic E-state index is 0.0950. The van der Waals surface area contributed by atoms with Gasteiger partial charge in [-0.3, -0.25) is 0 Å². The van der Waals surface area contributed by atoms with E-state index in [-0.39, 0.29) is 11.5 Å². The first-order valence-electron chi connectivity index (χ1n) is 17.8. The topological polar surface area (TPSA) is 149 Å². The molecule has 10 nitrogen and oxygen atoms in total. The van der Waals surface area contributed by atoms with Crippen molar-refractivity contribution in [3.05, 3.63) is 171 Å². The number of ether oxygens (including phenoxy) is 4. The molecular formula is C47H41I7O10. The second kappa shape index (κ2) is 30.7. The molecule has 0 aliphatic carbocycles. The van der Waals surface area contributed by atoms with E-state index in [1.54, 1.807) is 76.4 Å². The van der Waals surface area contributed by atoms with Crippen LogP contribution in [0.3, 0.4) is 0 Å². The van der Waals surface area contributed by atoms with E-state index in [1.165, 1.54) is 15.2 Å². The van der Waals surface area contributed by atoms with Crippen LogP contribution in [0.5, 0.6) is 40.2 Å². The van der Waals surface area contributed by atoms with Gasteiger partial charge < -0.3 is 34.3 Å². The van der Waals surface area contributed by atoms with Crippen LogP contribution in [0.15, 0.2) is 135 Å². The zero-order valence-corrected chi connectivity index (χ0v) is 49.7. The Kier molecular flexibility index (Phi) is 28.6. The fourth-order valence-corrected chi connectivity index (χ4v) is 8.30. The molecular weight excluding hydrogens is 1610 g/mol. The van der Waals surface area contributed by atoms with Crippen molar-refractivity contribution in [2.24, 2.45) is 0 Å². The van der Waals surface area contributed by atoms with Crippen molar-refractivity contribution in [3.63, 3.8) is 0 Å². The first-order chi connectivity index (χ1) is 29.9. The first kappa shape index (κ1) is 59.5. The van der Waals surface area contributed by atoms with Crippen LogP contribution in [0.25, 0.3) is 12.2 Å². The summed E-state index contributed by atoms with van der Waals surface area (Å²) in [5.41, 5.74) is 3.25. The maximum atomic E-state index is 11.3. The Morgan fingerprint density at radius 2 is 0.984 bits per heavy atom. The second-order valence-corrected chi connectivity index (χ2v) is 20.6. The van der Waals surface area contributed by atoms with Crippen LogP contribution < -0.4 is 18.9 Å². The van der Waals surface area contributed by atoms with Gasteiger partial charge in [0.15, 0.2) is 0 Å². The van der Waals surface area contributed by atoms with Crippen molar-refractivity contribution in [2.45, 2.75) is 20.8 Å². The maximum Gasteiger partial charge on any atom is 0.338 e. The summed E-state index contributed by atoms with van der Waals surface area (Å²) in [5.74, 6) is 1.29. The number of benzene rings is 5. The molecule has 0 saturated heterocycles. The number of esters is 3. The average Bonchev–Trinajstić information content (AvgIpc) is 3.23. The molecule has 0 bridgehead atoms. The van der Waals surface area contributed by atoms with E-state index >= 15 is 0 Å². The van der Waals surface area contributed by atoms with Crippen LogP contribution in [-0.2, 0) is 14.4 Å². The van der Waals surface area contributed by atoms with E-state index in [0.717, 1.165) is 22.0 Å². The Hall–Kier alpha value is -2.48. The molecule has 0 spiro atoms. The van der Waals surface area contributed by atoms with Crippen molar-refractivity contribution in [1.29, 1.82) is 0 Å². The summed E-state index contributed by atoms with van der Waals surface area (Å²) in [6.07, 6.45) is 3.59. The summed E-state index contributed by atoms with van der Waals surface area (Å²) < 4.78 is 26.2. The average molecular weight is 1650 g/mol. The van der Waals surface area contributed by atoms with Crippen LogP contribution in [0, 0.1) is 25.0 Å². The lowest BCUT2D eigenvalue weighted by Gasteiger charge is -2.09. The van der Waals surface area contributed by atoms with E-state index in [0.29, 0.717) is 50.4 Å². The molecule has 0 atom stereocenters. The Labute approximate surface area is 469 Å². The minimum atomic E-state index is -0.492. The summed E-state index contributed by atoms with van der Waals surface area (Å²) >= 11 is 14.5. The third kappa shape index (κ3) is 21.9. The van der Waals surface area contributed by atoms with Crippen LogP contribution in [-0.4, -0.2) is 40.3 Å². The summed E-state index contributed by atoms with van der Waals surface area (Å²) in [7, 11) is 1.61. The van der Waals surface area contributed by atoms with Gasteiger partial charge in [0, 0.05) is 20.3 Å². The summed E-state index contributed by atoms with van der Waals surface area (Å²) in [6, 6.07) is 25.0. The summed E-state index contributed by atoms with van der Waals surface area (Å²) in [4.78, 5) is 33.8.